The average Bonchev–Trinajstić information content (AvgIpc) is 1.72. The number of aliphatic carboxylic acids is 1. The van der Waals surface area contributed by atoms with Gasteiger partial charge in [0.05, 0.1) is 40.0 Å². The summed E-state index contributed by atoms with van der Waals surface area (Å²) >= 11 is 7.04. The Balaban J connectivity index is 1.03. The van der Waals surface area contributed by atoms with Gasteiger partial charge in [0, 0.05) is 44.5 Å². The molecule has 0 saturated carbocycles. The normalized spacial score (nSPS) is 21.0. The number of nitrogens with zero attached hydrogens (tertiary/aromatic N) is 7. The minimum Gasteiger partial charge on any atom is -0.508 e. The van der Waals surface area contributed by atoms with Crippen LogP contribution in [-0.4, -0.2) is 139 Å². The van der Waals surface area contributed by atoms with Crippen molar-refractivity contribution in [1.82, 2.24) is 56.8 Å². The van der Waals surface area contributed by atoms with Gasteiger partial charge in [-0.2, -0.15) is 0 Å². The van der Waals surface area contributed by atoms with Gasteiger partial charge in [-0.15, -0.1) is 68.9 Å². The van der Waals surface area contributed by atoms with E-state index >= 15 is 0 Å². The zero-order valence-electron chi connectivity index (χ0n) is 47.9. The first kappa shape index (κ1) is 64.1. The first-order chi connectivity index (χ1) is 43.1. The van der Waals surface area contributed by atoms with E-state index in [2.05, 4.69) is 44.7 Å². The smallest absolute Gasteiger partial charge is 0.351 e. The lowest BCUT2D eigenvalue weighted by atomic mass is 9.98. The zero-order chi connectivity index (χ0) is 64.1. The Morgan fingerprint density at radius 2 is 1.40 bits per heavy atom. The molecule has 8 heterocycles. The number of phenols is 1. The number of aliphatic hydroxyl groups is 1. The summed E-state index contributed by atoms with van der Waals surface area (Å²) in [7, 11) is 0. The van der Waals surface area contributed by atoms with Gasteiger partial charge in [-0.3, -0.25) is 43.5 Å². The lowest BCUT2D eigenvalue weighted by molar-refractivity contribution is -0.134. The molecule has 0 fully saturated rings. The molecular formula is C59H56N14O11S6. The quantitative estimate of drug-likeness (QED) is 0.0576. The van der Waals surface area contributed by atoms with E-state index in [0.717, 1.165) is 46.2 Å². The molecule has 464 valence electrons. The number of carboxylic acids is 1. The number of aromatic hydroxyl groups is 1. The number of fused-ring (bicyclic) bond motifs is 12. The number of aliphatic imine (C=N–C) groups is 2. The maximum atomic E-state index is 14.8. The summed E-state index contributed by atoms with van der Waals surface area (Å²) < 4.78 is 0. The molecule has 9 unspecified atom stereocenters. The molecule has 7 aromatic rings. The molecule has 11 N–H and O–H groups in total. The maximum absolute atomic E-state index is 14.8. The molecule has 3 aliphatic heterocycles. The molecular weight excluding hydrogens is 1270 g/mol. The number of amides is 7. The molecule has 5 aromatic heterocycles. The van der Waals surface area contributed by atoms with Crippen LogP contribution in [0.2, 0.25) is 0 Å². The van der Waals surface area contributed by atoms with Crippen molar-refractivity contribution in [3.8, 4) is 49.1 Å². The van der Waals surface area contributed by atoms with Crippen LogP contribution in [0.25, 0.3) is 43.4 Å². The van der Waals surface area contributed by atoms with Crippen LogP contribution < -0.4 is 37.6 Å². The van der Waals surface area contributed by atoms with Gasteiger partial charge in [0.1, 0.15) is 90.2 Å². The van der Waals surface area contributed by atoms with Gasteiger partial charge < -0.3 is 53.0 Å². The van der Waals surface area contributed by atoms with E-state index in [9.17, 15) is 48.6 Å². The molecule has 10 bridgehead atoms. The van der Waals surface area contributed by atoms with E-state index in [0.29, 0.717) is 49.5 Å². The number of carbonyl (C=O) groups is 8. The highest BCUT2D eigenvalue weighted by Gasteiger charge is 2.41. The predicted molar refractivity (Wildman–Crippen MR) is 345 cm³/mol. The zero-order valence-corrected chi connectivity index (χ0v) is 52.8. The molecule has 2 aromatic carbocycles. The van der Waals surface area contributed by atoms with Gasteiger partial charge in [-0.05, 0) is 41.3 Å². The van der Waals surface area contributed by atoms with E-state index < -0.39 is 113 Å². The van der Waals surface area contributed by atoms with Crippen molar-refractivity contribution in [2.24, 2.45) is 21.6 Å². The van der Waals surface area contributed by atoms with Crippen molar-refractivity contribution in [2.75, 3.05) is 5.75 Å². The summed E-state index contributed by atoms with van der Waals surface area (Å²) in [6.45, 7) is 12.5. The number of hydrogen-bond donors (Lipinski definition) is 10. The highest BCUT2D eigenvalue weighted by atomic mass is 32.2. The van der Waals surface area contributed by atoms with Crippen LogP contribution in [0.5, 0.6) is 5.75 Å². The fourth-order valence-corrected chi connectivity index (χ4v) is 15.2. The SMILES string of the molecule is C=C(NC(=O)C(=C)NC(=O)c1csc(-c2ccc3c(n2)-c2csc(n2)-c2csc(n2)C(C(C)CC)NC(=O)C(Cc2ccc(O)cc2)NC(=O)C2CSC(=N2)C(C(O)c2ccccc2)NC(=O)C2N=C(SC2C)C(CC(N)=O)NC(=O)c2csc-3n2)n1)C(=O)O. The van der Waals surface area contributed by atoms with Gasteiger partial charge in [-0.25, -0.2) is 29.7 Å². The summed E-state index contributed by atoms with van der Waals surface area (Å²) in [5.41, 5.74) is 7.41. The average molecular weight is 1330 g/mol. The van der Waals surface area contributed by atoms with Crippen molar-refractivity contribution in [3.63, 3.8) is 0 Å². The number of benzene rings is 2. The molecule has 9 atom stereocenters. The molecule has 25 nitrogen and oxygen atoms in total. The topological polar surface area (TPSA) is 385 Å². The van der Waals surface area contributed by atoms with E-state index in [4.69, 9.17) is 40.8 Å². The van der Waals surface area contributed by atoms with Crippen LogP contribution in [0.15, 0.2) is 123 Å². The van der Waals surface area contributed by atoms with Crippen molar-refractivity contribution < 1.29 is 53.7 Å². The number of carbonyl (C=O) groups excluding carboxylic acids is 7. The Bertz CT molecular complexity index is 4050. The fourth-order valence-electron chi connectivity index (χ4n) is 9.44. The van der Waals surface area contributed by atoms with Crippen molar-refractivity contribution in [1.29, 1.82) is 0 Å². The largest absolute Gasteiger partial charge is 0.508 e. The summed E-state index contributed by atoms with van der Waals surface area (Å²) in [5.74, 6) is -6.58. The van der Waals surface area contributed by atoms with Crippen LogP contribution >= 0.6 is 68.9 Å². The molecule has 0 radical (unpaired) electrons. The molecule has 0 saturated heterocycles. The van der Waals surface area contributed by atoms with E-state index in [-0.39, 0.29) is 61.7 Å². The summed E-state index contributed by atoms with van der Waals surface area (Å²) in [6.07, 6.45) is -1.12. The van der Waals surface area contributed by atoms with Crippen LogP contribution in [0.1, 0.15) is 82.9 Å². The van der Waals surface area contributed by atoms with E-state index in [1.165, 1.54) is 45.6 Å². The Morgan fingerprint density at radius 1 is 0.711 bits per heavy atom. The lowest BCUT2D eigenvalue weighted by Crippen LogP contribution is -2.52. The summed E-state index contributed by atoms with van der Waals surface area (Å²) in [5, 5.41) is 55.6. The number of primary amides is 1. The first-order valence-electron chi connectivity index (χ1n) is 27.7. The number of aromatic nitrogens is 5. The predicted octanol–water partition coefficient (Wildman–Crippen LogP) is 5.79. The first-order valence-corrected chi connectivity index (χ1v) is 33.0. The van der Waals surface area contributed by atoms with E-state index in [1.54, 1.807) is 66.9 Å². The number of thioether (sulfide) groups is 2. The van der Waals surface area contributed by atoms with Gasteiger partial charge in [0.15, 0.2) is 0 Å². The molecule has 7 amide bonds. The highest BCUT2D eigenvalue weighted by molar-refractivity contribution is 8.15. The third-order valence-electron chi connectivity index (χ3n) is 14.4. The van der Waals surface area contributed by atoms with Crippen molar-refractivity contribution in [2.45, 2.75) is 87.6 Å². The van der Waals surface area contributed by atoms with Crippen molar-refractivity contribution in [3.05, 3.63) is 140 Å². The second kappa shape index (κ2) is 27.9. The Morgan fingerprint density at radius 3 is 2.13 bits per heavy atom. The minimum absolute atomic E-state index is 0.0105. The number of hydrogen-bond acceptors (Lipinski definition) is 23. The number of pyridine rings is 1. The summed E-state index contributed by atoms with van der Waals surface area (Å²) in [6, 6.07) is 11.9. The molecule has 31 heteroatoms. The summed E-state index contributed by atoms with van der Waals surface area (Å²) in [4.78, 5) is 142. The van der Waals surface area contributed by atoms with Gasteiger partial charge in [-0.1, -0.05) is 82.8 Å². The number of thiazole rings is 4. The molecule has 3 aliphatic rings. The fraction of sp³-hybridized carbons (Fsp3) is 0.271. The number of aliphatic hydroxyl groups excluding tert-OH is 1. The Labute approximate surface area is 537 Å². The molecule has 0 aliphatic carbocycles. The lowest BCUT2D eigenvalue weighted by Gasteiger charge is -2.26. The third kappa shape index (κ3) is 14.7. The number of nitrogens with two attached hydrogens (primary N) is 1. The van der Waals surface area contributed by atoms with Crippen LogP contribution in [0.4, 0.5) is 0 Å². The second-order valence-corrected chi connectivity index (χ2v) is 26.7. The Kier molecular flexibility index (Phi) is 19.9. The van der Waals surface area contributed by atoms with Gasteiger partial charge in [0.2, 0.25) is 23.6 Å². The Hall–Kier alpha value is -8.85. The molecule has 10 rings (SSSR count). The van der Waals surface area contributed by atoms with Gasteiger partial charge >= 0.3 is 5.97 Å². The third-order valence-corrected chi connectivity index (χ3v) is 20.4. The van der Waals surface area contributed by atoms with Crippen molar-refractivity contribution >= 4 is 126 Å². The highest BCUT2D eigenvalue weighted by Crippen LogP contribution is 2.40. The number of rotatable bonds is 14. The van der Waals surface area contributed by atoms with E-state index in [1.807, 2.05) is 24.5 Å². The molecule has 90 heavy (non-hydrogen) atoms. The van der Waals surface area contributed by atoms with Crippen LogP contribution in [0, 0.1) is 5.92 Å². The standard InChI is InChI=1S/C59H56N14O11S6/c1-6-25(2)42-57-70-40(24-89-57)55-66-36(20-86-55)44-32(16-17-33(63-44)54-68-37(22-87-54)49(79)61-26(3)47(77)62-27(4)59(83)84)53-67-38(21-85-53)51(81)65-35(19-41(60)75)56-73-43(28(5)90-56)52(82)72-45(46(76)30-10-8-7-9-11-30)58-69-39(23-88-58)50(80)64-34(48(78)71-42)18-29-12-14-31(74)15-13-29/h7-17,20-22,24-25,28,34-35,39,42-43,45-46,74,76H,3-4,6,18-19,23H2,1-2,5H3,(H2,60,75)(H,61,79)(H,62,77)(H,64,80)(H,65,81)(H,71,78)(H,72,82)(H,83,84). The monoisotopic (exact) mass is 1330 g/mol. The molecule has 0 spiro atoms. The number of carboxylic acid groups (broad SMARTS) is 1. The van der Waals surface area contributed by atoms with Gasteiger partial charge in [0.25, 0.3) is 17.7 Å². The number of nitrogens with one attached hydrogen (secondary N) is 6. The second-order valence-electron chi connectivity index (χ2n) is 20.8. The number of phenolic OH excluding ortho intramolecular Hbond substituents is 1. The maximum Gasteiger partial charge on any atom is 0.351 e. The minimum atomic E-state index is -1.48. The van der Waals surface area contributed by atoms with Crippen LogP contribution in [0.3, 0.4) is 0 Å². The van der Waals surface area contributed by atoms with Crippen LogP contribution in [-0.2, 0) is 35.2 Å².